The Hall–Kier alpha value is 2.28. The van der Waals surface area contributed by atoms with Gasteiger partial charge in [-0.25, -0.2) is 0 Å². The summed E-state index contributed by atoms with van der Waals surface area (Å²) in [5.41, 5.74) is 1.94. The molecule has 0 unspecified atom stereocenters. The SMILES string of the molecule is CC(C)[P+]([S-])([N-]CC(C)(C)C[N-][P+]([S-])(C(C)C)C(C)C)C(C)C.C[N-]C.C[N-]C.[Zr]. The number of hydrogen-bond donors (Lipinski definition) is 0. The zero-order valence-corrected chi connectivity index (χ0v) is 28.1. The third-order valence-electron chi connectivity index (χ3n) is 4.40. The maximum Gasteiger partial charge on any atom is 0.0317 e. The molecule has 9 heteroatoms. The Balaban J connectivity index is -0.000000428. The van der Waals surface area contributed by atoms with Crippen molar-refractivity contribution in [2.75, 3.05) is 41.3 Å². The molecule has 0 spiro atoms. The minimum absolute atomic E-state index is 0. The van der Waals surface area contributed by atoms with E-state index < -0.39 is 13.2 Å². The molecule has 30 heavy (non-hydrogen) atoms. The molecule has 0 saturated carbocycles. The first-order valence-electron chi connectivity index (χ1n) is 10.5. The molecule has 0 aliphatic carbocycles. The van der Waals surface area contributed by atoms with Crippen molar-refractivity contribution in [3.05, 3.63) is 20.8 Å². The Morgan fingerprint density at radius 1 is 0.600 bits per heavy atom. The molecule has 0 radical (unpaired) electrons. The van der Waals surface area contributed by atoms with Gasteiger partial charge in [-0.2, -0.15) is 41.4 Å². The summed E-state index contributed by atoms with van der Waals surface area (Å²) in [5.74, 6) is 0. The fraction of sp³-hybridized carbons (Fsp3) is 1.00. The van der Waals surface area contributed by atoms with Crippen molar-refractivity contribution >= 4 is 37.7 Å². The quantitative estimate of drug-likeness (QED) is 0.194. The second kappa shape index (κ2) is 19.6. The Labute approximate surface area is 222 Å². The van der Waals surface area contributed by atoms with Crippen LogP contribution >= 0.6 is 13.2 Å². The monoisotopic (exact) mass is 574 g/mol. The molecule has 0 atom stereocenters. The molecule has 0 aromatic heterocycles. The van der Waals surface area contributed by atoms with E-state index in [1.54, 1.807) is 28.2 Å². The molecule has 0 heterocycles. The zero-order chi connectivity index (χ0) is 24.1. The first kappa shape index (κ1) is 39.5. The van der Waals surface area contributed by atoms with Crippen molar-refractivity contribution in [2.24, 2.45) is 5.41 Å². The molecule has 0 rings (SSSR count). The van der Waals surface area contributed by atoms with Crippen LogP contribution in [0.2, 0.25) is 0 Å². The van der Waals surface area contributed by atoms with Crippen molar-refractivity contribution in [2.45, 2.75) is 91.9 Å². The van der Waals surface area contributed by atoms with Gasteiger partial charge in [0.25, 0.3) is 0 Å². The van der Waals surface area contributed by atoms with Crippen LogP contribution in [-0.2, 0) is 50.7 Å². The van der Waals surface area contributed by atoms with Crippen molar-refractivity contribution in [1.29, 1.82) is 0 Å². The van der Waals surface area contributed by atoms with Crippen molar-refractivity contribution < 1.29 is 26.2 Å². The van der Waals surface area contributed by atoms with Crippen LogP contribution in [0, 0.1) is 5.41 Å². The van der Waals surface area contributed by atoms with Gasteiger partial charge in [0, 0.05) is 48.8 Å². The first-order chi connectivity index (χ1) is 13.0. The van der Waals surface area contributed by atoms with E-state index in [1.165, 1.54) is 0 Å². The Kier molecular flexibility index (Phi) is 25.8. The van der Waals surface area contributed by atoms with Gasteiger partial charge in [0.15, 0.2) is 0 Å². The molecule has 0 fully saturated rings. The fourth-order valence-corrected chi connectivity index (χ4v) is 7.75. The summed E-state index contributed by atoms with van der Waals surface area (Å²) in [6, 6.07) is 0. The van der Waals surface area contributed by atoms with Crippen LogP contribution in [0.25, 0.3) is 20.8 Å². The van der Waals surface area contributed by atoms with Crippen molar-refractivity contribution in [3.63, 3.8) is 0 Å². The van der Waals surface area contributed by atoms with E-state index >= 15 is 0 Å². The fourth-order valence-electron chi connectivity index (χ4n) is 2.50. The van der Waals surface area contributed by atoms with Crippen LogP contribution in [0.4, 0.5) is 0 Å². The van der Waals surface area contributed by atoms with Gasteiger partial charge in [-0.1, -0.05) is 19.3 Å². The molecule has 0 saturated heterocycles. The van der Waals surface area contributed by atoms with Crippen LogP contribution < -0.4 is 0 Å². The van der Waals surface area contributed by atoms with E-state index in [2.05, 4.69) is 79.9 Å². The first-order valence-corrected chi connectivity index (χ1v) is 16.3. The molecule has 0 aliphatic heterocycles. The molecule has 0 bridgehead atoms. The molecule has 0 aromatic rings. The summed E-state index contributed by atoms with van der Waals surface area (Å²) in [6.07, 6.45) is 0. The van der Waals surface area contributed by atoms with E-state index in [-0.39, 0.29) is 31.6 Å². The number of hydrogen-bond acceptors (Lipinski definition) is 2. The van der Waals surface area contributed by atoms with Gasteiger partial charge in [0.05, 0.1) is 0 Å². The van der Waals surface area contributed by atoms with Crippen LogP contribution in [0.3, 0.4) is 0 Å². The van der Waals surface area contributed by atoms with Gasteiger partial charge >= 0.3 is 0 Å². The topological polar surface area (TPSA) is 56.4 Å². The van der Waals surface area contributed by atoms with Crippen LogP contribution in [0.15, 0.2) is 0 Å². The second-order valence-corrected chi connectivity index (χ2v) is 20.3. The second-order valence-electron chi connectivity index (χ2n) is 9.38. The van der Waals surface area contributed by atoms with Crippen molar-refractivity contribution in [3.8, 4) is 0 Å². The van der Waals surface area contributed by atoms with Gasteiger partial charge < -0.3 is 45.3 Å². The minimum Gasteiger partial charge on any atom is -0.668 e. The summed E-state index contributed by atoms with van der Waals surface area (Å²) >= 11 is 11.9. The summed E-state index contributed by atoms with van der Waals surface area (Å²) in [7, 11) is 7.00. The Morgan fingerprint density at radius 3 is 0.900 bits per heavy atom. The minimum atomic E-state index is -1.66. The average Bonchev–Trinajstić information content (AvgIpc) is 2.58. The van der Waals surface area contributed by atoms with Gasteiger partial charge in [-0.3, -0.25) is 0 Å². The van der Waals surface area contributed by atoms with Crippen molar-refractivity contribution in [1.82, 2.24) is 0 Å². The summed E-state index contributed by atoms with van der Waals surface area (Å²) < 4.78 is 0. The summed E-state index contributed by atoms with van der Waals surface area (Å²) in [4.78, 5) is 0. The molecule has 4 nitrogen and oxygen atoms in total. The van der Waals surface area contributed by atoms with E-state index in [0.29, 0.717) is 22.6 Å². The summed E-state index contributed by atoms with van der Waals surface area (Å²) in [5, 5.41) is 17.1. The number of rotatable bonds is 10. The van der Waals surface area contributed by atoms with Crippen LogP contribution in [0.1, 0.15) is 69.2 Å². The van der Waals surface area contributed by atoms with Gasteiger partial charge in [0.2, 0.25) is 0 Å². The van der Waals surface area contributed by atoms with Crippen LogP contribution in [0.5, 0.6) is 0 Å². The van der Waals surface area contributed by atoms with Gasteiger partial charge in [-0.05, 0) is 55.4 Å². The average molecular weight is 576 g/mol. The Bertz CT molecular complexity index is 349. The van der Waals surface area contributed by atoms with Gasteiger partial charge in [0.1, 0.15) is 0 Å². The standard InChI is InChI=1S/C17H38N2P2S2.2C2H6N.Zr/c1-13(2)20(22,14(3)4)18-11-17(9,10)12-19-21(23,15(5)6)16(7)8;2*1-3-2;/h13-16H,11-12H2,1-10H3;2*1-2H3;/q-2;2*-1;. The predicted molar refractivity (Wildman–Crippen MR) is 150 cm³/mol. The van der Waals surface area contributed by atoms with Gasteiger partial charge in [-0.15, -0.1) is 13.1 Å². The molecule has 0 amide bonds. The maximum absolute atomic E-state index is 5.96. The number of nitrogens with zero attached hydrogens (tertiary/aromatic N) is 4. The van der Waals surface area contributed by atoms with Crippen LogP contribution in [-0.4, -0.2) is 63.9 Å². The summed E-state index contributed by atoms with van der Waals surface area (Å²) in [6.45, 7) is 20.5. The van der Waals surface area contributed by atoms with E-state index in [4.69, 9.17) is 34.7 Å². The van der Waals surface area contributed by atoms with E-state index in [9.17, 15) is 0 Å². The molecule has 0 aromatic carbocycles. The zero-order valence-electron chi connectivity index (χ0n) is 22.2. The maximum atomic E-state index is 5.96. The van der Waals surface area contributed by atoms with E-state index in [1.807, 2.05) is 0 Å². The largest absolute Gasteiger partial charge is 0.668 e. The third-order valence-corrected chi connectivity index (χ3v) is 17.2. The molecular weight excluding hydrogens is 526 g/mol. The third kappa shape index (κ3) is 16.0. The van der Waals surface area contributed by atoms with E-state index in [0.717, 1.165) is 13.1 Å². The smallest absolute Gasteiger partial charge is 0.0317 e. The predicted octanol–water partition coefficient (Wildman–Crippen LogP) is 8.42. The molecule has 0 aliphatic rings. The Morgan fingerprint density at radius 2 is 0.767 bits per heavy atom. The molecule has 184 valence electrons. The molecular formula is C21H50N4P2S2Zr-4. The normalized spacial score (nSPS) is 12.4. The molecule has 0 N–H and O–H groups in total.